The molecular weight excluding hydrogens is 358 g/mol. The molecule has 1 aromatic carbocycles. The lowest BCUT2D eigenvalue weighted by atomic mass is 9.86. The fraction of sp³-hybridized carbons (Fsp3) is 0.500. The van der Waals surface area contributed by atoms with Crippen molar-refractivity contribution in [2.75, 3.05) is 0 Å². The summed E-state index contributed by atoms with van der Waals surface area (Å²) in [4.78, 5) is 11.3. The molecule has 1 aromatic rings. The van der Waals surface area contributed by atoms with E-state index in [1.54, 1.807) is 25.1 Å². The van der Waals surface area contributed by atoms with Crippen molar-refractivity contribution in [3.05, 3.63) is 28.2 Å². The van der Waals surface area contributed by atoms with Crippen molar-refractivity contribution in [1.29, 1.82) is 0 Å². The normalized spacial score (nSPS) is 23.0. The molecule has 0 heterocycles. The smallest absolute Gasteiger partial charge is 0.306 e. The van der Waals surface area contributed by atoms with Crippen LogP contribution in [-0.2, 0) is 14.8 Å². The number of sulfonamides is 1. The van der Waals surface area contributed by atoms with Crippen LogP contribution in [0.25, 0.3) is 0 Å². The van der Waals surface area contributed by atoms with Gasteiger partial charge in [0.1, 0.15) is 0 Å². The minimum atomic E-state index is -3.64. The molecule has 0 aliphatic heterocycles. The molecule has 0 saturated heterocycles. The second-order valence-corrected chi connectivity index (χ2v) is 8.03. The molecule has 2 N–H and O–H groups in total. The van der Waals surface area contributed by atoms with Crippen LogP contribution < -0.4 is 4.72 Å². The Labute approximate surface area is 132 Å². The number of nitrogens with one attached hydrogen (secondary N) is 1. The SMILES string of the molecule is Cc1ccc(Br)cc1S(=O)(=O)NC1CCCC(C(=O)O)C1. The van der Waals surface area contributed by atoms with Crippen molar-refractivity contribution in [1.82, 2.24) is 4.72 Å². The van der Waals surface area contributed by atoms with Crippen LogP contribution in [0.4, 0.5) is 0 Å². The average molecular weight is 376 g/mol. The minimum Gasteiger partial charge on any atom is -0.481 e. The highest BCUT2D eigenvalue weighted by molar-refractivity contribution is 9.10. The number of hydrogen-bond acceptors (Lipinski definition) is 3. The molecule has 116 valence electrons. The van der Waals surface area contributed by atoms with E-state index in [0.717, 1.165) is 6.42 Å². The third-order valence-electron chi connectivity index (χ3n) is 3.78. The van der Waals surface area contributed by atoms with Gasteiger partial charge in [-0.3, -0.25) is 4.79 Å². The molecule has 2 atom stereocenters. The van der Waals surface area contributed by atoms with Gasteiger partial charge in [-0.1, -0.05) is 28.4 Å². The number of carboxylic acids is 1. The Morgan fingerprint density at radius 1 is 1.38 bits per heavy atom. The maximum absolute atomic E-state index is 12.5. The van der Waals surface area contributed by atoms with E-state index in [2.05, 4.69) is 20.7 Å². The first-order valence-corrected chi connectivity index (χ1v) is 9.08. The molecular formula is C14H18BrNO4S. The number of rotatable bonds is 4. The maximum atomic E-state index is 12.5. The van der Waals surface area contributed by atoms with Crippen molar-refractivity contribution < 1.29 is 18.3 Å². The molecule has 1 saturated carbocycles. The summed E-state index contributed by atoms with van der Waals surface area (Å²) in [5, 5.41) is 9.07. The summed E-state index contributed by atoms with van der Waals surface area (Å²) in [7, 11) is -3.64. The van der Waals surface area contributed by atoms with Crippen molar-refractivity contribution in [3.63, 3.8) is 0 Å². The van der Waals surface area contributed by atoms with E-state index >= 15 is 0 Å². The van der Waals surface area contributed by atoms with Gasteiger partial charge in [-0.15, -0.1) is 0 Å². The van der Waals surface area contributed by atoms with Crippen LogP contribution in [0, 0.1) is 12.8 Å². The predicted octanol–water partition coefficient (Wildman–Crippen LogP) is 2.68. The van der Waals surface area contributed by atoms with E-state index in [4.69, 9.17) is 5.11 Å². The lowest BCUT2D eigenvalue weighted by Gasteiger charge is -2.27. The summed E-state index contributed by atoms with van der Waals surface area (Å²) in [5.41, 5.74) is 0.663. The Morgan fingerprint density at radius 3 is 2.76 bits per heavy atom. The number of aryl methyl sites for hydroxylation is 1. The van der Waals surface area contributed by atoms with Gasteiger partial charge >= 0.3 is 5.97 Å². The van der Waals surface area contributed by atoms with Crippen LogP contribution in [0.3, 0.4) is 0 Å². The van der Waals surface area contributed by atoms with Gasteiger partial charge in [0.2, 0.25) is 10.0 Å². The largest absolute Gasteiger partial charge is 0.481 e. The molecule has 1 fully saturated rings. The quantitative estimate of drug-likeness (QED) is 0.847. The maximum Gasteiger partial charge on any atom is 0.306 e. The topological polar surface area (TPSA) is 83.5 Å². The number of carboxylic acid groups (broad SMARTS) is 1. The third kappa shape index (κ3) is 4.05. The lowest BCUT2D eigenvalue weighted by Crippen LogP contribution is -2.40. The van der Waals surface area contributed by atoms with Crippen molar-refractivity contribution >= 4 is 31.9 Å². The first-order valence-electron chi connectivity index (χ1n) is 6.81. The standard InChI is InChI=1S/C14H18BrNO4S/c1-9-5-6-11(15)8-13(9)21(19,20)16-12-4-2-3-10(7-12)14(17)18/h5-6,8,10,12,16H,2-4,7H2,1H3,(H,17,18). The van der Waals surface area contributed by atoms with Gasteiger partial charge in [-0.25, -0.2) is 13.1 Å². The molecule has 0 radical (unpaired) electrons. The molecule has 1 aliphatic rings. The van der Waals surface area contributed by atoms with Crippen molar-refractivity contribution in [3.8, 4) is 0 Å². The number of carbonyl (C=O) groups is 1. The van der Waals surface area contributed by atoms with Crippen LogP contribution in [0.15, 0.2) is 27.6 Å². The summed E-state index contributed by atoms with van der Waals surface area (Å²) in [6.07, 6.45) is 2.36. The zero-order valence-corrected chi connectivity index (χ0v) is 14.1. The lowest BCUT2D eigenvalue weighted by molar-refractivity contribution is -0.143. The number of hydrogen-bond donors (Lipinski definition) is 2. The van der Waals surface area contributed by atoms with E-state index in [1.807, 2.05) is 0 Å². The molecule has 21 heavy (non-hydrogen) atoms. The van der Waals surface area contributed by atoms with E-state index in [0.29, 0.717) is 29.3 Å². The monoisotopic (exact) mass is 375 g/mol. The van der Waals surface area contributed by atoms with Gasteiger partial charge in [0.25, 0.3) is 0 Å². The van der Waals surface area contributed by atoms with Crippen LogP contribution >= 0.6 is 15.9 Å². The van der Waals surface area contributed by atoms with E-state index in [9.17, 15) is 13.2 Å². The van der Waals surface area contributed by atoms with E-state index < -0.39 is 21.9 Å². The summed E-state index contributed by atoms with van der Waals surface area (Å²) in [6.45, 7) is 1.74. The van der Waals surface area contributed by atoms with Crippen LogP contribution in [-0.4, -0.2) is 25.5 Å². The second-order valence-electron chi connectivity index (χ2n) is 5.43. The number of aliphatic carboxylic acids is 1. The molecule has 5 nitrogen and oxygen atoms in total. The van der Waals surface area contributed by atoms with Crippen LogP contribution in [0.5, 0.6) is 0 Å². The Bertz CT molecular complexity index is 644. The van der Waals surface area contributed by atoms with Crippen LogP contribution in [0.1, 0.15) is 31.2 Å². The van der Waals surface area contributed by atoms with E-state index in [1.165, 1.54) is 0 Å². The average Bonchev–Trinajstić information content (AvgIpc) is 2.41. The van der Waals surface area contributed by atoms with E-state index in [-0.39, 0.29) is 10.9 Å². The molecule has 0 bridgehead atoms. The summed E-state index contributed by atoms with van der Waals surface area (Å²) in [5.74, 6) is -1.31. The highest BCUT2D eigenvalue weighted by atomic mass is 79.9. The Balaban J connectivity index is 2.17. The summed E-state index contributed by atoms with van der Waals surface area (Å²) < 4.78 is 28.3. The Kier molecular flexibility index (Phi) is 5.06. The van der Waals surface area contributed by atoms with Gasteiger partial charge in [-0.05, 0) is 43.9 Å². The number of benzene rings is 1. The zero-order chi connectivity index (χ0) is 15.6. The second kappa shape index (κ2) is 6.46. The van der Waals surface area contributed by atoms with Gasteiger partial charge in [0.15, 0.2) is 0 Å². The van der Waals surface area contributed by atoms with Gasteiger partial charge in [0, 0.05) is 10.5 Å². The third-order valence-corrected chi connectivity index (χ3v) is 5.94. The molecule has 7 heteroatoms. The first-order chi connectivity index (χ1) is 9.79. The molecule has 2 rings (SSSR count). The van der Waals surface area contributed by atoms with Gasteiger partial charge in [-0.2, -0.15) is 0 Å². The molecule has 1 aliphatic carbocycles. The van der Waals surface area contributed by atoms with Crippen molar-refractivity contribution in [2.45, 2.75) is 43.5 Å². The van der Waals surface area contributed by atoms with Crippen molar-refractivity contribution in [2.24, 2.45) is 5.92 Å². The summed E-state index contributed by atoms with van der Waals surface area (Å²) >= 11 is 3.27. The molecule has 0 spiro atoms. The number of halogens is 1. The highest BCUT2D eigenvalue weighted by Crippen LogP contribution is 2.27. The Morgan fingerprint density at radius 2 is 2.10 bits per heavy atom. The summed E-state index contributed by atoms with van der Waals surface area (Å²) in [6, 6.07) is 4.77. The predicted molar refractivity (Wildman–Crippen MR) is 82.6 cm³/mol. The Hall–Kier alpha value is -0.920. The molecule has 0 aromatic heterocycles. The molecule has 0 amide bonds. The zero-order valence-electron chi connectivity index (χ0n) is 11.7. The minimum absolute atomic E-state index is 0.231. The van der Waals surface area contributed by atoms with Gasteiger partial charge in [0.05, 0.1) is 10.8 Å². The first kappa shape index (κ1) is 16.5. The highest BCUT2D eigenvalue weighted by Gasteiger charge is 2.30. The fourth-order valence-electron chi connectivity index (χ4n) is 2.67. The molecule has 2 unspecified atom stereocenters. The fourth-order valence-corrected chi connectivity index (χ4v) is 4.73. The van der Waals surface area contributed by atoms with Gasteiger partial charge < -0.3 is 5.11 Å². The van der Waals surface area contributed by atoms with Crippen LogP contribution in [0.2, 0.25) is 0 Å².